The number of aryl methyl sites for hydroxylation is 2. The van der Waals surface area contributed by atoms with Crippen LogP contribution in [-0.4, -0.2) is 15.2 Å². The Morgan fingerprint density at radius 3 is 2.78 bits per heavy atom. The van der Waals surface area contributed by atoms with Crippen molar-refractivity contribution in [3.05, 3.63) is 41.0 Å². The molecule has 0 unspecified atom stereocenters. The molecule has 0 fully saturated rings. The monoisotopic (exact) mass is 248 g/mol. The van der Waals surface area contributed by atoms with Gasteiger partial charge in [-0.05, 0) is 32.9 Å². The molecule has 0 spiro atoms. The van der Waals surface area contributed by atoms with Gasteiger partial charge in [0, 0.05) is 5.56 Å². The minimum absolute atomic E-state index is 0.198. The number of aromatic nitrogens is 2. The van der Waals surface area contributed by atoms with E-state index in [4.69, 9.17) is 9.26 Å². The van der Waals surface area contributed by atoms with Gasteiger partial charge in [0.2, 0.25) is 0 Å². The number of benzene rings is 1. The van der Waals surface area contributed by atoms with E-state index in [1.54, 1.807) is 13.8 Å². The molecule has 18 heavy (non-hydrogen) atoms. The van der Waals surface area contributed by atoms with Crippen molar-refractivity contribution in [2.75, 3.05) is 0 Å². The van der Waals surface area contributed by atoms with E-state index >= 15 is 0 Å². The number of nitrogens with zero attached hydrogens (tertiary/aromatic N) is 2. The fourth-order valence-electron chi connectivity index (χ4n) is 1.66. The van der Waals surface area contributed by atoms with E-state index in [-0.39, 0.29) is 6.61 Å². The summed E-state index contributed by atoms with van der Waals surface area (Å²) < 4.78 is 10.6. The molecule has 0 bridgehead atoms. The average molecular weight is 248 g/mol. The number of hydrogen-bond donors (Lipinski definition) is 1. The maximum Gasteiger partial charge on any atom is 0.264 e. The summed E-state index contributed by atoms with van der Waals surface area (Å²) in [6.07, 6.45) is -0.579. The van der Waals surface area contributed by atoms with Crippen LogP contribution in [0.3, 0.4) is 0 Å². The van der Waals surface area contributed by atoms with Crippen molar-refractivity contribution in [3.63, 3.8) is 0 Å². The molecule has 1 aromatic carbocycles. The van der Waals surface area contributed by atoms with Crippen LogP contribution in [0.1, 0.15) is 35.9 Å². The molecule has 1 aromatic heterocycles. The molecule has 1 atom stereocenters. The summed E-state index contributed by atoms with van der Waals surface area (Å²) in [5.74, 6) is 1.63. The first-order chi connectivity index (χ1) is 8.56. The number of rotatable bonds is 4. The quantitative estimate of drug-likeness (QED) is 0.899. The molecule has 5 nitrogen and oxygen atoms in total. The van der Waals surface area contributed by atoms with Crippen molar-refractivity contribution in [2.45, 2.75) is 33.5 Å². The van der Waals surface area contributed by atoms with E-state index < -0.39 is 6.10 Å². The minimum Gasteiger partial charge on any atom is -0.483 e. The third kappa shape index (κ3) is 2.87. The Labute approximate surface area is 105 Å². The van der Waals surface area contributed by atoms with E-state index in [1.807, 2.05) is 25.1 Å². The molecule has 2 rings (SSSR count). The first-order valence-corrected chi connectivity index (χ1v) is 5.77. The summed E-state index contributed by atoms with van der Waals surface area (Å²) in [7, 11) is 0. The zero-order valence-corrected chi connectivity index (χ0v) is 10.7. The first-order valence-electron chi connectivity index (χ1n) is 5.77. The van der Waals surface area contributed by atoms with Gasteiger partial charge in [-0.15, -0.1) is 0 Å². The Morgan fingerprint density at radius 2 is 2.17 bits per heavy atom. The molecule has 0 amide bonds. The summed E-state index contributed by atoms with van der Waals surface area (Å²) in [6.45, 7) is 5.62. The molecule has 0 aliphatic rings. The molecule has 96 valence electrons. The number of ether oxygens (including phenoxy) is 1. The van der Waals surface area contributed by atoms with E-state index in [0.717, 1.165) is 11.1 Å². The van der Waals surface area contributed by atoms with Crippen molar-refractivity contribution < 1.29 is 14.4 Å². The van der Waals surface area contributed by atoms with Crippen LogP contribution in [0.2, 0.25) is 0 Å². The fraction of sp³-hybridized carbons (Fsp3) is 0.385. The maximum absolute atomic E-state index is 9.70. The van der Waals surface area contributed by atoms with Crippen molar-refractivity contribution in [1.29, 1.82) is 0 Å². The summed E-state index contributed by atoms with van der Waals surface area (Å²) in [6, 6.07) is 5.67. The highest BCUT2D eigenvalue weighted by Crippen LogP contribution is 2.26. The second kappa shape index (κ2) is 5.18. The van der Waals surface area contributed by atoms with Gasteiger partial charge in [-0.1, -0.05) is 16.8 Å². The van der Waals surface area contributed by atoms with E-state index in [0.29, 0.717) is 17.5 Å². The van der Waals surface area contributed by atoms with Crippen LogP contribution in [0.4, 0.5) is 0 Å². The predicted molar refractivity (Wildman–Crippen MR) is 65.2 cm³/mol. The lowest BCUT2D eigenvalue weighted by Gasteiger charge is -2.13. The lowest BCUT2D eigenvalue weighted by atomic mass is 10.1. The molecule has 0 aliphatic carbocycles. The van der Waals surface area contributed by atoms with Crippen molar-refractivity contribution in [2.24, 2.45) is 0 Å². The topological polar surface area (TPSA) is 68.4 Å². The van der Waals surface area contributed by atoms with Gasteiger partial charge < -0.3 is 14.4 Å². The normalized spacial score (nSPS) is 12.4. The van der Waals surface area contributed by atoms with E-state index in [9.17, 15) is 5.11 Å². The SMILES string of the molecule is Cc1ccc(OCc2nc(C)no2)c([C@@H](C)O)c1. The Morgan fingerprint density at radius 1 is 1.39 bits per heavy atom. The van der Waals surface area contributed by atoms with Gasteiger partial charge in [-0.2, -0.15) is 4.98 Å². The Hall–Kier alpha value is -1.88. The largest absolute Gasteiger partial charge is 0.483 e. The van der Waals surface area contributed by atoms with Gasteiger partial charge in [0.05, 0.1) is 6.10 Å². The maximum atomic E-state index is 9.70. The van der Waals surface area contributed by atoms with Crippen LogP contribution < -0.4 is 4.74 Å². The minimum atomic E-state index is -0.579. The lowest BCUT2D eigenvalue weighted by Crippen LogP contribution is -2.01. The van der Waals surface area contributed by atoms with Gasteiger partial charge >= 0.3 is 0 Å². The van der Waals surface area contributed by atoms with E-state index in [1.165, 1.54) is 0 Å². The molecule has 0 saturated carbocycles. The fourth-order valence-corrected chi connectivity index (χ4v) is 1.66. The highest BCUT2D eigenvalue weighted by molar-refractivity contribution is 5.38. The zero-order chi connectivity index (χ0) is 13.1. The molecule has 0 radical (unpaired) electrons. The Kier molecular flexibility index (Phi) is 3.62. The second-order valence-electron chi connectivity index (χ2n) is 4.24. The molecule has 5 heteroatoms. The number of aliphatic hydroxyl groups excluding tert-OH is 1. The molecular formula is C13H16N2O3. The molecule has 0 saturated heterocycles. The summed E-state index contributed by atoms with van der Waals surface area (Å²) in [4.78, 5) is 4.05. The molecule has 2 aromatic rings. The highest BCUT2D eigenvalue weighted by atomic mass is 16.5. The summed E-state index contributed by atoms with van der Waals surface area (Å²) >= 11 is 0. The Bertz CT molecular complexity index is 535. The highest BCUT2D eigenvalue weighted by Gasteiger charge is 2.11. The lowest BCUT2D eigenvalue weighted by molar-refractivity contribution is 0.185. The van der Waals surface area contributed by atoms with Crippen LogP contribution in [0.15, 0.2) is 22.7 Å². The standard InChI is InChI=1S/C13H16N2O3/c1-8-4-5-12(11(6-8)9(2)16)17-7-13-14-10(3)15-18-13/h4-6,9,16H,7H2,1-3H3/t9-/m1/s1. The van der Waals surface area contributed by atoms with Gasteiger partial charge in [-0.3, -0.25) is 0 Å². The van der Waals surface area contributed by atoms with Gasteiger partial charge in [0.1, 0.15) is 5.75 Å². The second-order valence-corrected chi connectivity index (χ2v) is 4.24. The van der Waals surface area contributed by atoms with Crippen LogP contribution in [0, 0.1) is 13.8 Å². The number of aliphatic hydroxyl groups is 1. The van der Waals surface area contributed by atoms with Gasteiger partial charge in [0.25, 0.3) is 5.89 Å². The molecule has 1 N–H and O–H groups in total. The van der Waals surface area contributed by atoms with Gasteiger partial charge in [0.15, 0.2) is 12.4 Å². The van der Waals surface area contributed by atoms with Crippen molar-refractivity contribution in [3.8, 4) is 5.75 Å². The average Bonchev–Trinajstić information content (AvgIpc) is 2.73. The molecular weight excluding hydrogens is 232 g/mol. The third-order valence-corrected chi connectivity index (χ3v) is 2.54. The smallest absolute Gasteiger partial charge is 0.264 e. The van der Waals surface area contributed by atoms with Crippen molar-refractivity contribution >= 4 is 0 Å². The third-order valence-electron chi connectivity index (χ3n) is 2.54. The van der Waals surface area contributed by atoms with Crippen molar-refractivity contribution in [1.82, 2.24) is 10.1 Å². The zero-order valence-electron chi connectivity index (χ0n) is 10.7. The predicted octanol–water partition coefficient (Wildman–Crippen LogP) is 2.32. The number of hydrogen-bond acceptors (Lipinski definition) is 5. The van der Waals surface area contributed by atoms with E-state index in [2.05, 4.69) is 10.1 Å². The van der Waals surface area contributed by atoms with Crippen LogP contribution in [-0.2, 0) is 6.61 Å². The first kappa shape index (κ1) is 12.6. The summed E-state index contributed by atoms with van der Waals surface area (Å²) in [5.41, 5.74) is 1.83. The molecule has 0 aliphatic heterocycles. The van der Waals surface area contributed by atoms with Crippen LogP contribution in [0.25, 0.3) is 0 Å². The Balaban J connectivity index is 2.13. The summed E-state index contributed by atoms with van der Waals surface area (Å²) in [5, 5.41) is 13.4. The van der Waals surface area contributed by atoms with Crippen LogP contribution in [0.5, 0.6) is 5.75 Å². The van der Waals surface area contributed by atoms with Crippen LogP contribution >= 0.6 is 0 Å². The van der Waals surface area contributed by atoms with Gasteiger partial charge in [-0.25, -0.2) is 0 Å². The molecule has 1 heterocycles.